The van der Waals surface area contributed by atoms with Gasteiger partial charge in [-0.2, -0.15) is 4.52 Å². The zero-order valence-electron chi connectivity index (χ0n) is 11.6. The first-order valence-corrected chi connectivity index (χ1v) is 6.90. The molecule has 0 fully saturated rings. The standard InChI is InChI=1S/C17H12N4O/c22-17-12-15(13-6-9-18-10-7-13)19-16-8-11-20(21(16)17)14-4-2-1-3-5-14/h1-12H. The summed E-state index contributed by atoms with van der Waals surface area (Å²) in [5.41, 5.74) is 2.94. The van der Waals surface area contributed by atoms with Crippen LogP contribution in [0.5, 0.6) is 0 Å². The Morgan fingerprint density at radius 1 is 0.909 bits per heavy atom. The molecule has 0 bridgehead atoms. The van der Waals surface area contributed by atoms with Gasteiger partial charge in [0, 0.05) is 36.3 Å². The van der Waals surface area contributed by atoms with Gasteiger partial charge in [0.25, 0.3) is 5.56 Å². The number of nitrogens with zero attached hydrogens (tertiary/aromatic N) is 4. The van der Waals surface area contributed by atoms with Crippen molar-refractivity contribution >= 4 is 5.65 Å². The summed E-state index contributed by atoms with van der Waals surface area (Å²) in [5, 5.41) is 0. The molecular weight excluding hydrogens is 276 g/mol. The van der Waals surface area contributed by atoms with E-state index >= 15 is 0 Å². The molecule has 0 radical (unpaired) electrons. The second-order valence-corrected chi connectivity index (χ2v) is 4.88. The molecule has 0 unspecified atom stereocenters. The van der Waals surface area contributed by atoms with Crippen molar-refractivity contribution in [2.45, 2.75) is 0 Å². The zero-order valence-corrected chi connectivity index (χ0v) is 11.6. The average molecular weight is 288 g/mol. The molecule has 0 atom stereocenters. The molecule has 0 spiro atoms. The van der Waals surface area contributed by atoms with Gasteiger partial charge < -0.3 is 0 Å². The van der Waals surface area contributed by atoms with E-state index in [2.05, 4.69) is 9.97 Å². The van der Waals surface area contributed by atoms with Gasteiger partial charge in [0.15, 0.2) is 5.65 Å². The van der Waals surface area contributed by atoms with Crippen molar-refractivity contribution < 1.29 is 0 Å². The predicted molar refractivity (Wildman–Crippen MR) is 84.0 cm³/mol. The number of pyridine rings is 1. The Kier molecular flexibility index (Phi) is 2.83. The topological polar surface area (TPSA) is 52.2 Å². The Bertz CT molecular complexity index is 988. The van der Waals surface area contributed by atoms with Crippen molar-refractivity contribution in [1.82, 2.24) is 19.2 Å². The maximum atomic E-state index is 12.5. The normalized spacial score (nSPS) is 10.9. The fourth-order valence-electron chi connectivity index (χ4n) is 2.48. The van der Waals surface area contributed by atoms with Gasteiger partial charge in [-0.25, -0.2) is 4.98 Å². The van der Waals surface area contributed by atoms with Crippen LogP contribution in [-0.2, 0) is 0 Å². The highest BCUT2D eigenvalue weighted by Gasteiger charge is 2.09. The zero-order chi connectivity index (χ0) is 14.9. The monoisotopic (exact) mass is 288 g/mol. The number of benzene rings is 1. The smallest absolute Gasteiger partial charge is 0.267 e. The first kappa shape index (κ1) is 12.5. The third-order valence-corrected chi connectivity index (χ3v) is 3.50. The number of fused-ring (bicyclic) bond motifs is 1. The van der Waals surface area contributed by atoms with Crippen LogP contribution in [0, 0.1) is 0 Å². The minimum Gasteiger partial charge on any atom is -0.267 e. The van der Waals surface area contributed by atoms with Gasteiger partial charge in [0.1, 0.15) is 0 Å². The molecule has 0 N–H and O–H groups in total. The largest absolute Gasteiger partial charge is 0.273 e. The van der Waals surface area contributed by atoms with Crippen molar-refractivity contribution in [3.8, 4) is 16.9 Å². The van der Waals surface area contributed by atoms with Crippen molar-refractivity contribution in [2.75, 3.05) is 0 Å². The maximum Gasteiger partial charge on any atom is 0.273 e. The fraction of sp³-hybridized carbons (Fsp3) is 0. The van der Waals surface area contributed by atoms with Crippen molar-refractivity contribution in [3.05, 3.63) is 83.5 Å². The van der Waals surface area contributed by atoms with Crippen LogP contribution in [0.1, 0.15) is 0 Å². The Hall–Kier alpha value is -3.21. The predicted octanol–water partition coefficient (Wildman–Crippen LogP) is 2.55. The second-order valence-electron chi connectivity index (χ2n) is 4.88. The van der Waals surface area contributed by atoms with E-state index in [9.17, 15) is 4.79 Å². The van der Waals surface area contributed by atoms with Crippen LogP contribution in [0.3, 0.4) is 0 Å². The lowest BCUT2D eigenvalue weighted by Gasteiger charge is -2.07. The molecule has 0 saturated heterocycles. The molecule has 22 heavy (non-hydrogen) atoms. The highest BCUT2D eigenvalue weighted by atomic mass is 16.1. The number of rotatable bonds is 2. The van der Waals surface area contributed by atoms with Crippen LogP contribution in [0.2, 0.25) is 0 Å². The highest BCUT2D eigenvalue weighted by Crippen LogP contribution is 2.16. The molecule has 106 valence electrons. The Labute approximate surface area is 126 Å². The van der Waals surface area contributed by atoms with Crippen molar-refractivity contribution in [2.24, 2.45) is 0 Å². The molecule has 5 nitrogen and oxygen atoms in total. The summed E-state index contributed by atoms with van der Waals surface area (Å²) in [4.78, 5) is 21.1. The summed E-state index contributed by atoms with van der Waals surface area (Å²) >= 11 is 0. The Balaban J connectivity index is 1.94. The molecule has 0 amide bonds. The van der Waals surface area contributed by atoms with Crippen LogP contribution < -0.4 is 5.56 Å². The third kappa shape index (κ3) is 2.00. The summed E-state index contributed by atoms with van der Waals surface area (Å²) in [7, 11) is 0. The lowest BCUT2D eigenvalue weighted by atomic mass is 10.2. The van der Waals surface area contributed by atoms with Gasteiger partial charge in [-0.05, 0) is 24.3 Å². The molecule has 4 aromatic rings. The van der Waals surface area contributed by atoms with E-state index in [1.165, 1.54) is 0 Å². The minimum absolute atomic E-state index is 0.120. The molecule has 0 aliphatic carbocycles. The maximum absolute atomic E-state index is 12.5. The van der Waals surface area contributed by atoms with Gasteiger partial charge in [-0.3, -0.25) is 14.5 Å². The third-order valence-electron chi connectivity index (χ3n) is 3.50. The number of para-hydroxylation sites is 1. The van der Waals surface area contributed by atoms with Crippen molar-refractivity contribution in [1.29, 1.82) is 0 Å². The van der Waals surface area contributed by atoms with Gasteiger partial charge in [0.05, 0.1) is 11.4 Å². The van der Waals surface area contributed by atoms with Crippen LogP contribution in [-0.4, -0.2) is 19.2 Å². The van der Waals surface area contributed by atoms with Crippen LogP contribution >= 0.6 is 0 Å². The van der Waals surface area contributed by atoms with E-state index < -0.39 is 0 Å². The lowest BCUT2D eigenvalue weighted by molar-refractivity contribution is 0.765. The highest BCUT2D eigenvalue weighted by molar-refractivity contribution is 5.60. The SMILES string of the molecule is O=c1cc(-c2ccncc2)nc2ccn(-c3ccccc3)n12. The van der Waals surface area contributed by atoms with Crippen molar-refractivity contribution in [3.63, 3.8) is 0 Å². The molecule has 1 aromatic carbocycles. The molecular formula is C17H12N4O. The molecule has 0 aliphatic rings. The van der Waals surface area contributed by atoms with E-state index in [0.29, 0.717) is 11.3 Å². The number of hydrogen-bond donors (Lipinski definition) is 0. The van der Waals surface area contributed by atoms with E-state index in [4.69, 9.17) is 0 Å². The summed E-state index contributed by atoms with van der Waals surface area (Å²) in [6.45, 7) is 0. The van der Waals surface area contributed by atoms with Gasteiger partial charge in [-0.15, -0.1) is 0 Å². The Morgan fingerprint density at radius 2 is 1.68 bits per heavy atom. The summed E-state index contributed by atoms with van der Waals surface area (Å²) in [5.74, 6) is 0. The first-order chi connectivity index (χ1) is 10.8. The molecule has 3 heterocycles. The Morgan fingerprint density at radius 3 is 2.45 bits per heavy atom. The minimum atomic E-state index is -0.120. The van der Waals surface area contributed by atoms with Crippen LogP contribution in [0.25, 0.3) is 22.6 Å². The molecule has 0 aliphatic heterocycles. The van der Waals surface area contributed by atoms with E-state index in [0.717, 1.165) is 11.3 Å². The summed E-state index contributed by atoms with van der Waals surface area (Å²) < 4.78 is 3.35. The molecule has 5 heteroatoms. The molecule has 0 saturated carbocycles. The quantitative estimate of drug-likeness (QED) is 0.569. The van der Waals surface area contributed by atoms with E-state index in [-0.39, 0.29) is 5.56 Å². The van der Waals surface area contributed by atoms with Crippen LogP contribution in [0.15, 0.2) is 78.0 Å². The number of hydrogen-bond acceptors (Lipinski definition) is 3. The van der Waals surface area contributed by atoms with Gasteiger partial charge >= 0.3 is 0 Å². The second kappa shape index (κ2) is 4.96. The molecule has 3 aromatic heterocycles. The average Bonchev–Trinajstić information content (AvgIpc) is 3.01. The fourth-order valence-corrected chi connectivity index (χ4v) is 2.48. The van der Waals surface area contributed by atoms with Crippen LogP contribution in [0.4, 0.5) is 0 Å². The summed E-state index contributed by atoms with van der Waals surface area (Å²) in [6, 6.07) is 16.8. The van der Waals surface area contributed by atoms with Gasteiger partial charge in [0.2, 0.25) is 0 Å². The number of aromatic nitrogens is 4. The summed E-state index contributed by atoms with van der Waals surface area (Å²) in [6.07, 6.45) is 5.22. The van der Waals surface area contributed by atoms with Gasteiger partial charge in [-0.1, -0.05) is 18.2 Å². The molecule has 4 rings (SSSR count). The van der Waals surface area contributed by atoms with E-state index in [1.807, 2.05) is 54.7 Å². The van der Waals surface area contributed by atoms with E-state index in [1.54, 1.807) is 27.7 Å². The lowest BCUT2D eigenvalue weighted by Crippen LogP contribution is -2.19. The first-order valence-electron chi connectivity index (χ1n) is 6.90.